The van der Waals surface area contributed by atoms with E-state index in [0.717, 1.165) is 47.5 Å². The van der Waals surface area contributed by atoms with Gasteiger partial charge in [0.15, 0.2) is 0 Å². The first-order valence-corrected chi connectivity index (χ1v) is 8.45. The van der Waals surface area contributed by atoms with Gasteiger partial charge in [0, 0.05) is 18.8 Å². The fraction of sp³-hybridized carbons (Fsp3) is 0.389. The summed E-state index contributed by atoms with van der Waals surface area (Å²) in [5.41, 5.74) is 4.13. The van der Waals surface area contributed by atoms with Crippen LogP contribution in [0, 0.1) is 6.92 Å². The number of carbonyl (C=O) groups is 1. The van der Waals surface area contributed by atoms with Crippen molar-refractivity contribution in [1.29, 1.82) is 0 Å². The fourth-order valence-corrected chi connectivity index (χ4v) is 3.52. The third kappa shape index (κ3) is 2.68. The Kier molecular flexibility index (Phi) is 3.80. The predicted octanol–water partition coefficient (Wildman–Crippen LogP) is 2.30. The second-order valence-corrected chi connectivity index (χ2v) is 6.35. The normalized spacial score (nSPS) is 17.0. The molecule has 124 valence electrons. The van der Waals surface area contributed by atoms with E-state index in [1.807, 2.05) is 37.5 Å². The van der Waals surface area contributed by atoms with Gasteiger partial charge in [-0.15, -0.1) is 0 Å². The summed E-state index contributed by atoms with van der Waals surface area (Å²) >= 11 is 0. The number of amides is 1. The average molecular weight is 323 g/mol. The molecule has 1 unspecified atom stereocenters. The maximum Gasteiger partial charge on any atom is 0.229 e. The summed E-state index contributed by atoms with van der Waals surface area (Å²) in [6, 6.07) is 8.02. The van der Waals surface area contributed by atoms with E-state index in [4.69, 9.17) is 0 Å². The number of H-pyrrole nitrogens is 1. The molecule has 1 aliphatic rings. The molecule has 1 aromatic carbocycles. The number of aromatic nitrogens is 4. The summed E-state index contributed by atoms with van der Waals surface area (Å²) < 4.78 is 2.07. The lowest BCUT2D eigenvalue weighted by Crippen LogP contribution is -2.33. The molecule has 1 atom stereocenters. The first kappa shape index (κ1) is 14.9. The molecule has 1 aliphatic carbocycles. The summed E-state index contributed by atoms with van der Waals surface area (Å²) in [4.78, 5) is 24.7. The monoisotopic (exact) mass is 323 g/mol. The van der Waals surface area contributed by atoms with Gasteiger partial charge in [0.2, 0.25) is 5.91 Å². The molecule has 0 radical (unpaired) electrons. The van der Waals surface area contributed by atoms with E-state index in [2.05, 4.69) is 24.8 Å². The Balaban J connectivity index is 1.41. The number of carbonyl (C=O) groups excluding carboxylic acids is 1. The third-order valence-electron chi connectivity index (χ3n) is 4.67. The molecule has 6 heteroatoms. The summed E-state index contributed by atoms with van der Waals surface area (Å²) in [7, 11) is 0. The Bertz CT molecular complexity index is 879. The van der Waals surface area contributed by atoms with Crippen molar-refractivity contribution in [2.24, 2.45) is 0 Å². The maximum absolute atomic E-state index is 12.6. The minimum Gasteiger partial charge on any atom is -0.354 e. The van der Waals surface area contributed by atoms with E-state index in [0.29, 0.717) is 13.1 Å². The molecule has 24 heavy (non-hydrogen) atoms. The molecule has 0 saturated carbocycles. The summed E-state index contributed by atoms with van der Waals surface area (Å²) in [5.74, 6) is 0.842. The van der Waals surface area contributed by atoms with Gasteiger partial charge in [0.05, 0.1) is 29.0 Å². The van der Waals surface area contributed by atoms with Gasteiger partial charge in [-0.2, -0.15) is 0 Å². The van der Waals surface area contributed by atoms with E-state index in [-0.39, 0.29) is 11.8 Å². The van der Waals surface area contributed by atoms with Crippen molar-refractivity contribution in [3.05, 3.63) is 47.8 Å². The van der Waals surface area contributed by atoms with Crippen LogP contribution in [0.3, 0.4) is 0 Å². The van der Waals surface area contributed by atoms with Gasteiger partial charge < -0.3 is 14.9 Å². The van der Waals surface area contributed by atoms with Crippen molar-refractivity contribution < 1.29 is 4.79 Å². The summed E-state index contributed by atoms with van der Waals surface area (Å²) in [5, 5.41) is 3.06. The van der Waals surface area contributed by atoms with Crippen LogP contribution < -0.4 is 5.32 Å². The van der Waals surface area contributed by atoms with Gasteiger partial charge in [-0.1, -0.05) is 12.1 Å². The van der Waals surface area contributed by atoms with Gasteiger partial charge in [0.25, 0.3) is 0 Å². The SMILES string of the molecule is Cc1nc2c([nH]1)CCCC2C(=O)NCCn1cnc2ccccc21. The van der Waals surface area contributed by atoms with Crippen LogP contribution in [0.2, 0.25) is 0 Å². The molecule has 0 bridgehead atoms. The van der Waals surface area contributed by atoms with Crippen LogP contribution in [-0.4, -0.2) is 32.0 Å². The van der Waals surface area contributed by atoms with Crippen molar-refractivity contribution in [3.8, 4) is 0 Å². The van der Waals surface area contributed by atoms with E-state index in [1.54, 1.807) is 0 Å². The number of aromatic amines is 1. The highest BCUT2D eigenvalue weighted by Gasteiger charge is 2.29. The molecule has 2 heterocycles. The Morgan fingerprint density at radius 2 is 2.29 bits per heavy atom. The van der Waals surface area contributed by atoms with Gasteiger partial charge in [0.1, 0.15) is 5.82 Å². The van der Waals surface area contributed by atoms with Crippen LogP contribution in [-0.2, 0) is 17.8 Å². The van der Waals surface area contributed by atoms with Crippen molar-refractivity contribution in [2.45, 2.75) is 38.6 Å². The lowest BCUT2D eigenvalue weighted by Gasteiger charge is -2.20. The molecule has 2 aromatic heterocycles. The van der Waals surface area contributed by atoms with Crippen LogP contribution in [0.4, 0.5) is 0 Å². The van der Waals surface area contributed by atoms with E-state index < -0.39 is 0 Å². The van der Waals surface area contributed by atoms with Gasteiger partial charge in [-0.05, 0) is 38.3 Å². The molecule has 3 aromatic rings. The number of rotatable bonds is 4. The number of aryl methyl sites for hydroxylation is 2. The second kappa shape index (κ2) is 6.11. The number of benzene rings is 1. The van der Waals surface area contributed by atoms with Crippen LogP contribution in [0.5, 0.6) is 0 Å². The molecule has 6 nitrogen and oxygen atoms in total. The molecular weight excluding hydrogens is 302 g/mol. The Morgan fingerprint density at radius 3 is 3.21 bits per heavy atom. The molecule has 0 aliphatic heterocycles. The van der Waals surface area contributed by atoms with Crippen LogP contribution in [0.25, 0.3) is 11.0 Å². The molecule has 0 saturated heterocycles. The topological polar surface area (TPSA) is 75.6 Å². The first-order chi connectivity index (χ1) is 11.7. The zero-order chi connectivity index (χ0) is 16.5. The van der Waals surface area contributed by atoms with E-state index in [1.165, 1.54) is 0 Å². The lowest BCUT2D eigenvalue weighted by molar-refractivity contribution is -0.123. The molecule has 0 fully saturated rings. The summed E-state index contributed by atoms with van der Waals surface area (Å²) in [6.07, 6.45) is 4.71. The quantitative estimate of drug-likeness (QED) is 0.773. The van der Waals surface area contributed by atoms with Crippen molar-refractivity contribution in [2.75, 3.05) is 6.54 Å². The lowest BCUT2D eigenvalue weighted by atomic mass is 9.89. The first-order valence-electron chi connectivity index (χ1n) is 8.45. The smallest absolute Gasteiger partial charge is 0.229 e. The Labute approximate surface area is 140 Å². The number of hydrogen-bond acceptors (Lipinski definition) is 3. The maximum atomic E-state index is 12.6. The van der Waals surface area contributed by atoms with Crippen LogP contribution in [0.1, 0.15) is 36.0 Å². The number of nitrogens with zero attached hydrogens (tertiary/aromatic N) is 3. The third-order valence-corrected chi connectivity index (χ3v) is 4.67. The summed E-state index contributed by atoms with van der Waals surface area (Å²) in [6.45, 7) is 3.25. The molecule has 0 spiro atoms. The zero-order valence-corrected chi connectivity index (χ0v) is 13.7. The largest absolute Gasteiger partial charge is 0.354 e. The zero-order valence-electron chi connectivity index (χ0n) is 13.7. The number of fused-ring (bicyclic) bond motifs is 2. The standard InChI is InChI=1S/C18H21N5O/c1-12-21-15-7-4-5-13(17(15)22-12)18(24)19-9-10-23-11-20-14-6-2-3-8-16(14)23/h2-3,6,8,11,13H,4-5,7,9-10H2,1H3,(H,19,24)(H,21,22). The number of nitrogens with one attached hydrogen (secondary N) is 2. The van der Waals surface area contributed by atoms with E-state index >= 15 is 0 Å². The average Bonchev–Trinajstić information content (AvgIpc) is 3.17. The molecular formula is C18H21N5O. The fourth-order valence-electron chi connectivity index (χ4n) is 3.52. The highest BCUT2D eigenvalue weighted by molar-refractivity contribution is 5.83. The Hall–Kier alpha value is -2.63. The minimum atomic E-state index is -0.127. The van der Waals surface area contributed by atoms with Crippen molar-refractivity contribution >= 4 is 16.9 Å². The van der Waals surface area contributed by atoms with Gasteiger partial charge in [-0.3, -0.25) is 4.79 Å². The number of hydrogen-bond donors (Lipinski definition) is 2. The van der Waals surface area contributed by atoms with E-state index in [9.17, 15) is 4.79 Å². The van der Waals surface area contributed by atoms with Crippen molar-refractivity contribution in [3.63, 3.8) is 0 Å². The highest BCUT2D eigenvalue weighted by Crippen LogP contribution is 2.29. The van der Waals surface area contributed by atoms with Crippen LogP contribution in [0.15, 0.2) is 30.6 Å². The Morgan fingerprint density at radius 1 is 1.42 bits per heavy atom. The molecule has 2 N–H and O–H groups in total. The number of imidazole rings is 2. The van der Waals surface area contributed by atoms with Gasteiger partial charge >= 0.3 is 0 Å². The predicted molar refractivity (Wildman–Crippen MR) is 91.7 cm³/mol. The van der Waals surface area contributed by atoms with Crippen LogP contribution >= 0.6 is 0 Å². The molecule has 1 amide bonds. The van der Waals surface area contributed by atoms with Crippen molar-refractivity contribution in [1.82, 2.24) is 24.8 Å². The highest BCUT2D eigenvalue weighted by atomic mass is 16.1. The van der Waals surface area contributed by atoms with Gasteiger partial charge in [-0.25, -0.2) is 9.97 Å². The minimum absolute atomic E-state index is 0.0758. The number of para-hydroxylation sites is 2. The second-order valence-electron chi connectivity index (χ2n) is 6.35. The molecule has 4 rings (SSSR count).